The summed E-state index contributed by atoms with van der Waals surface area (Å²) < 4.78 is 5.28. The quantitative estimate of drug-likeness (QED) is 0.450. The van der Waals surface area contributed by atoms with Crippen LogP contribution in [0, 0.1) is 11.3 Å². The number of fused-ring (bicyclic) bond motifs is 2. The van der Waals surface area contributed by atoms with Crippen LogP contribution in [0.2, 0.25) is 0 Å². The molecule has 0 aliphatic carbocycles. The first-order valence-corrected chi connectivity index (χ1v) is 4.55. The summed E-state index contributed by atoms with van der Waals surface area (Å²) in [5.74, 6) is -3.80. The third-order valence-electron chi connectivity index (χ3n) is 3.43. The first kappa shape index (κ1) is 16.9. The first-order valence-electron chi connectivity index (χ1n) is 4.55. The van der Waals surface area contributed by atoms with Gasteiger partial charge in [0.25, 0.3) is 0 Å². The van der Waals surface area contributed by atoms with Gasteiger partial charge in [0.15, 0.2) is 0 Å². The van der Waals surface area contributed by atoms with Gasteiger partial charge in [-0.05, 0) is 12.8 Å². The predicted molar refractivity (Wildman–Crippen MR) is 39.5 cm³/mol. The fourth-order valence-corrected chi connectivity index (χ4v) is 2.59. The van der Waals surface area contributed by atoms with Gasteiger partial charge in [-0.15, -0.1) is 0 Å². The molecule has 2 saturated heterocycles. The number of carbonyl (C=O) groups excluding carboxylic acids is 2. The molecule has 0 spiro atoms. The smallest absolute Gasteiger partial charge is 0.550 e. The summed E-state index contributed by atoms with van der Waals surface area (Å²) in [4.78, 5) is 21.8. The zero-order chi connectivity index (χ0) is 10.5. The van der Waals surface area contributed by atoms with Crippen molar-refractivity contribution in [3.63, 3.8) is 0 Å². The van der Waals surface area contributed by atoms with E-state index in [-0.39, 0.29) is 59.1 Å². The Morgan fingerprint density at radius 3 is 2.19 bits per heavy atom. The topological polar surface area (TPSA) is 89.5 Å². The Balaban J connectivity index is 0.00000112. The van der Waals surface area contributed by atoms with Gasteiger partial charge < -0.3 is 24.5 Å². The minimum atomic E-state index is -1.43. The average molecular weight is 244 g/mol. The number of hydrogen-bond acceptors (Lipinski definition) is 5. The van der Waals surface area contributed by atoms with E-state index in [0.717, 1.165) is 0 Å². The molecule has 0 radical (unpaired) electrons. The maximum absolute atomic E-state index is 10.9. The Bertz CT molecular complexity index is 308. The van der Waals surface area contributed by atoms with Crippen molar-refractivity contribution in [2.24, 2.45) is 11.3 Å². The van der Waals surface area contributed by atoms with Crippen molar-refractivity contribution >= 4 is 11.9 Å². The molecule has 7 heteroatoms. The van der Waals surface area contributed by atoms with Gasteiger partial charge in [-0.25, -0.2) is 0 Å². The van der Waals surface area contributed by atoms with Crippen molar-refractivity contribution in [2.75, 3.05) is 0 Å². The van der Waals surface area contributed by atoms with Crippen LogP contribution in [-0.4, -0.2) is 24.1 Å². The molecule has 2 rings (SSSR count). The zero-order valence-corrected chi connectivity index (χ0v) is 13.7. The summed E-state index contributed by atoms with van der Waals surface area (Å²) in [5, 5.41) is 21.8. The van der Waals surface area contributed by atoms with Crippen LogP contribution < -0.4 is 69.3 Å². The van der Waals surface area contributed by atoms with Crippen molar-refractivity contribution in [1.29, 1.82) is 0 Å². The summed E-state index contributed by atoms with van der Waals surface area (Å²) in [6.07, 6.45) is 0.110. The monoisotopic (exact) mass is 244 g/mol. The van der Waals surface area contributed by atoms with Gasteiger partial charge in [-0.1, -0.05) is 6.92 Å². The molecule has 2 aliphatic heterocycles. The molecular weight excluding hydrogens is 234 g/mol. The van der Waals surface area contributed by atoms with E-state index in [4.69, 9.17) is 4.74 Å². The fraction of sp³-hybridized carbons (Fsp3) is 0.778. The summed E-state index contributed by atoms with van der Waals surface area (Å²) in [6.45, 7) is 1.37. The van der Waals surface area contributed by atoms with E-state index in [9.17, 15) is 19.8 Å². The van der Waals surface area contributed by atoms with Gasteiger partial charge in [0.2, 0.25) is 0 Å². The molecule has 0 amide bonds. The number of ether oxygens (including phenoxy) is 1. The predicted octanol–water partition coefficient (Wildman–Crippen LogP) is -8.32. The van der Waals surface area contributed by atoms with E-state index in [1.165, 1.54) is 6.92 Å². The van der Waals surface area contributed by atoms with Gasteiger partial charge >= 0.3 is 59.1 Å². The molecular formula is C9H10Na2O5. The largest absolute Gasteiger partial charge is 1.00 e. The molecule has 0 aromatic heterocycles. The summed E-state index contributed by atoms with van der Waals surface area (Å²) in [7, 11) is 0. The second-order valence-corrected chi connectivity index (χ2v) is 4.11. The maximum atomic E-state index is 10.9. The third kappa shape index (κ3) is 2.23. The summed E-state index contributed by atoms with van der Waals surface area (Å²) in [6, 6.07) is 0. The van der Waals surface area contributed by atoms with Crippen molar-refractivity contribution in [3.05, 3.63) is 0 Å². The Kier molecular flexibility index (Phi) is 6.01. The van der Waals surface area contributed by atoms with Gasteiger partial charge in [0, 0.05) is 17.3 Å². The second kappa shape index (κ2) is 5.69. The Morgan fingerprint density at radius 1 is 1.25 bits per heavy atom. The molecule has 16 heavy (non-hydrogen) atoms. The van der Waals surface area contributed by atoms with Crippen LogP contribution in [0.5, 0.6) is 0 Å². The molecule has 0 aromatic carbocycles. The van der Waals surface area contributed by atoms with Crippen LogP contribution in [0.4, 0.5) is 0 Å². The first-order chi connectivity index (χ1) is 6.48. The number of carboxylic acids is 2. The van der Waals surface area contributed by atoms with E-state index in [0.29, 0.717) is 12.8 Å². The average Bonchev–Trinajstić information content (AvgIpc) is 2.61. The van der Waals surface area contributed by atoms with Gasteiger partial charge in [-0.2, -0.15) is 0 Å². The third-order valence-corrected chi connectivity index (χ3v) is 3.43. The molecule has 2 heterocycles. The van der Waals surface area contributed by atoms with Crippen molar-refractivity contribution in [1.82, 2.24) is 0 Å². The van der Waals surface area contributed by atoms with Crippen LogP contribution in [0.3, 0.4) is 0 Å². The minimum absolute atomic E-state index is 0. The Morgan fingerprint density at radius 2 is 1.81 bits per heavy atom. The van der Waals surface area contributed by atoms with Crippen LogP contribution in [0.1, 0.15) is 19.8 Å². The van der Waals surface area contributed by atoms with E-state index in [2.05, 4.69) is 0 Å². The molecule has 78 valence electrons. The minimum Gasteiger partial charge on any atom is -0.550 e. The summed E-state index contributed by atoms with van der Waals surface area (Å²) in [5.41, 5.74) is -1.43. The number of carboxylic acid groups (broad SMARTS) is 2. The van der Waals surface area contributed by atoms with Crippen LogP contribution >= 0.6 is 0 Å². The maximum Gasteiger partial charge on any atom is 1.00 e. The molecule has 0 saturated carbocycles. The molecule has 4 atom stereocenters. The van der Waals surface area contributed by atoms with Gasteiger partial charge in [-0.3, -0.25) is 0 Å². The van der Waals surface area contributed by atoms with Crippen molar-refractivity contribution < 1.29 is 83.7 Å². The van der Waals surface area contributed by atoms with E-state index < -0.39 is 35.5 Å². The van der Waals surface area contributed by atoms with Gasteiger partial charge in [0.05, 0.1) is 18.2 Å². The molecule has 2 fully saturated rings. The Hall–Kier alpha value is 0.900. The number of hydrogen-bond donors (Lipinski definition) is 0. The SMILES string of the molecule is CC1(C(=O)[O-])C(C(=O)[O-])C2CC[C@@H]1O2.[Na+].[Na+]. The summed E-state index contributed by atoms with van der Waals surface area (Å²) >= 11 is 0. The number of rotatable bonds is 2. The second-order valence-electron chi connectivity index (χ2n) is 4.11. The molecule has 3 unspecified atom stereocenters. The molecule has 0 aromatic rings. The van der Waals surface area contributed by atoms with Crippen molar-refractivity contribution in [3.8, 4) is 0 Å². The number of carbonyl (C=O) groups is 2. The van der Waals surface area contributed by atoms with Crippen LogP contribution in [-0.2, 0) is 14.3 Å². The standard InChI is InChI=1S/C9H12O5.2Na/c1-9(8(12)13)5-3-2-4(14-5)6(9)7(10)11;;/h4-6H,2-3H2,1H3,(H,10,11)(H,12,13);;/q;2*+1/p-2/t4?,5-,6?,9?;;/m0../s1. The van der Waals surface area contributed by atoms with Crippen molar-refractivity contribution in [2.45, 2.75) is 32.0 Å². The molecule has 2 bridgehead atoms. The fourth-order valence-electron chi connectivity index (χ4n) is 2.59. The van der Waals surface area contributed by atoms with E-state index in [1.807, 2.05) is 0 Å². The van der Waals surface area contributed by atoms with E-state index in [1.54, 1.807) is 0 Å². The molecule has 5 nitrogen and oxygen atoms in total. The van der Waals surface area contributed by atoms with Crippen LogP contribution in [0.25, 0.3) is 0 Å². The van der Waals surface area contributed by atoms with E-state index >= 15 is 0 Å². The molecule has 0 N–H and O–H groups in total. The van der Waals surface area contributed by atoms with Gasteiger partial charge in [0.1, 0.15) is 0 Å². The molecule has 2 aliphatic rings. The number of aliphatic carboxylic acids is 2. The zero-order valence-electron chi connectivity index (χ0n) is 9.69. The Labute approximate surface area is 137 Å². The van der Waals surface area contributed by atoms with Crippen LogP contribution in [0.15, 0.2) is 0 Å². The normalized spacial score (nSPS) is 39.7.